The smallest absolute Gasteiger partial charge is 0.148 e. The minimum Gasteiger partial charge on any atom is -0.379 e. The molecular weight excluding hydrogens is 232 g/mol. The van der Waals surface area contributed by atoms with Gasteiger partial charge in [-0.15, -0.1) is 11.6 Å². The number of halogens is 1. The Labute approximate surface area is 89.1 Å². The van der Waals surface area contributed by atoms with Gasteiger partial charge in [0.2, 0.25) is 0 Å². The number of alkyl halides is 1. The summed E-state index contributed by atoms with van der Waals surface area (Å²) in [4.78, 5) is 0. The third kappa shape index (κ3) is 12.5. The molecule has 0 aromatic carbocycles. The van der Waals surface area contributed by atoms with Crippen molar-refractivity contribution in [2.24, 2.45) is 0 Å². The molecule has 0 bridgehead atoms. The Morgan fingerprint density at radius 3 is 2.54 bits per heavy atom. The Kier molecular flexibility index (Phi) is 8.24. The first-order chi connectivity index (χ1) is 6.06. The van der Waals surface area contributed by atoms with E-state index in [1.807, 2.05) is 0 Å². The topological polar surface area (TPSA) is 43.4 Å². The van der Waals surface area contributed by atoms with Crippen LogP contribution in [0, 0.1) is 0 Å². The van der Waals surface area contributed by atoms with Crippen LogP contribution >= 0.6 is 23.4 Å². The standard InChI is InChI=1S/C7H15ClO3S2/c1-13(9,10)7-6-12-5-4-11-3-2-8/h2-7H2,1H3. The Morgan fingerprint density at radius 2 is 2.00 bits per heavy atom. The van der Waals surface area contributed by atoms with E-state index >= 15 is 0 Å². The first-order valence-corrected chi connectivity index (χ1v) is 7.70. The van der Waals surface area contributed by atoms with Gasteiger partial charge in [0.15, 0.2) is 0 Å². The molecule has 0 fully saturated rings. The predicted octanol–water partition coefficient (Wildman–Crippen LogP) is 1.02. The monoisotopic (exact) mass is 246 g/mol. The van der Waals surface area contributed by atoms with Gasteiger partial charge in [0, 0.05) is 23.6 Å². The second-order valence-electron chi connectivity index (χ2n) is 2.54. The second kappa shape index (κ2) is 7.91. The van der Waals surface area contributed by atoms with E-state index in [1.165, 1.54) is 6.26 Å². The molecule has 0 unspecified atom stereocenters. The van der Waals surface area contributed by atoms with Crippen LogP contribution in [-0.2, 0) is 14.6 Å². The van der Waals surface area contributed by atoms with Crippen molar-refractivity contribution in [1.29, 1.82) is 0 Å². The summed E-state index contributed by atoms with van der Waals surface area (Å²) in [5, 5.41) is 0. The number of hydrogen-bond donors (Lipinski definition) is 0. The minimum atomic E-state index is -2.80. The predicted molar refractivity (Wildman–Crippen MR) is 58.6 cm³/mol. The van der Waals surface area contributed by atoms with Crippen LogP contribution in [0.1, 0.15) is 0 Å². The van der Waals surface area contributed by atoms with Crippen LogP contribution in [-0.4, -0.2) is 51.0 Å². The number of hydrogen-bond acceptors (Lipinski definition) is 4. The Morgan fingerprint density at radius 1 is 1.31 bits per heavy atom. The van der Waals surface area contributed by atoms with Gasteiger partial charge < -0.3 is 4.74 Å². The Hall–Kier alpha value is 0.550. The molecule has 0 radical (unpaired) electrons. The summed E-state index contributed by atoms with van der Waals surface area (Å²) in [6.45, 7) is 1.20. The van der Waals surface area contributed by atoms with E-state index in [0.29, 0.717) is 24.8 Å². The number of rotatable bonds is 8. The average molecular weight is 247 g/mol. The molecule has 0 aliphatic heterocycles. The SMILES string of the molecule is CS(=O)(=O)CCSCCOCCCl. The van der Waals surface area contributed by atoms with Gasteiger partial charge >= 0.3 is 0 Å². The molecule has 0 aromatic rings. The molecule has 0 atom stereocenters. The molecule has 0 heterocycles. The fourth-order valence-electron chi connectivity index (χ4n) is 0.587. The zero-order valence-electron chi connectivity index (χ0n) is 7.66. The molecule has 80 valence electrons. The lowest BCUT2D eigenvalue weighted by atomic mass is 10.8. The van der Waals surface area contributed by atoms with E-state index in [0.717, 1.165) is 5.75 Å². The summed E-state index contributed by atoms with van der Waals surface area (Å²) in [6, 6.07) is 0. The van der Waals surface area contributed by atoms with E-state index in [2.05, 4.69) is 0 Å². The summed E-state index contributed by atoms with van der Waals surface area (Å²) in [5.74, 6) is 2.22. The summed E-state index contributed by atoms with van der Waals surface area (Å²) in [6.07, 6.45) is 1.25. The lowest BCUT2D eigenvalue weighted by Crippen LogP contribution is -2.07. The van der Waals surface area contributed by atoms with Crippen LogP contribution in [0.5, 0.6) is 0 Å². The van der Waals surface area contributed by atoms with Crippen molar-refractivity contribution in [2.45, 2.75) is 0 Å². The van der Waals surface area contributed by atoms with Gasteiger partial charge in [0.1, 0.15) is 9.84 Å². The van der Waals surface area contributed by atoms with Crippen molar-refractivity contribution in [1.82, 2.24) is 0 Å². The molecule has 0 rings (SSSR count). The molecule has 0 aliphatic rings. The molecule has 13 heavy (non-hydrogen) atoms. The highest BCUT2D eigenvalue weighted by atomic mass is 35.5. The molecule has 0 saturated heterocycles. The van der Waals surface area contributed by atoms with Crippen molar-refractivity contribution < 1.29 is 13.2 Å². The normalized spacial score (nSPS) is 11.8. The van der Waals surface area contributed by atoms with Crippen molar-refractivity contribution in [3.05, 3.63) is 0 Å². The summed E-state index contributed by atoms with van der Waals surface area (Å²) in [7, 11) is -2.80. The molecule has 0 aromatic heterocycles. The van der Waals surface area contributed by atoms with E-state index in [4.69, 9.17) is 16.3 Å². The highest BCUT2D eigenvalue weighted by Gasteiger charge is 2.00. The highest BCUT2D eigenvalue weighted by Crippen LogP contribution is 2.00. The van der Waals surface area contributed by atoms with Gasteiger partial charge in [-0.3, -0.25) is 0 Å². The maximum absolute atomic E-state index is 10.7. The first-order valence-electron chi connectivity index (χ1n) is 3.95. The van der Waals surface area contributed by atoms with E-state index < -0.39 is 9.84 Å². The maximum Gasteiger partial charge on any atom is 0.148 e. The van der Waals surface area contributed by atoms with Crippen molar-refractivity contribution >= 4 is 33.2 Å². The Bertz CT molecular complexity index is 204. The van der Waals surface area contributed by atoms with Gasteiger partial charge in [-0.25, -0.2) is 8.42 Å². The fraction of sp³-hybridized carbons (Fsp3) is 1.00. The summed E-state index contributed by atoms with van der Waals surface area (Å²) < 4.78 is 26.5. The van der Waals surface area contributed by atoms with Gasteiger partial charge in [0.25, 0.3) is 0 Å². The van der Waals surface area contributed by atoms with Crippen molar-refractivity contribution in [3.8, 4) is 0 Å². The van der Waals surface area contributed by atoms with Crippen LogP contribution in [0.3, 0.4) is 0 Å². The molecule has 6 heteroatoms. The molecule has 3 nitrogen and oxygen atoms in total. The van der Waals surface area contributed by atoms with Crippen molar-refractivity contribution in [3.63, 3.8) is 0 Å². The lowest BCUT2D eigenvalue weighted by Gasteiger charge is -2.01. The van der Waals surface area contributed by atoms with E-state index in [-0.39, 0.29) is 5.75 Å². The van der Waals surface area contributed by atoms with Crippen LogP contribution in [0.25, 0.3) is 0 Å². The maximum atomic E-state index is 10.7. The largest absolute Gasteiger partial charge is 0.379 e. The van der Waals surface area contributed by atoms with Crippen LogP contribution in [0.15, 0.2) is 0 Å². The molecule has 0 N–H and O–H groups in total. The third-order valence-corrected chi connectivity index (χ3v) is 3.50. The Balaban J connectivity index is 3.09. The van der Waals surface area contributed by atoms with Crippen LogP contribution in [0.4, 0.5) is 0 Å². The first kappa shape index (κ1) is 13.5. The van der Waals surface area contributed by atoms with Crippen molar-refractivity contribution in [2.75, 3.05) is 42.6 Å². The van der Waals surface area contributed by atoms with Gasteiger partial charge in [-0.2, -0.15) is 11.8 Å². The number of thioether (sulfide) groups is 1. The minimum absolute atomic E-state index is 0.243. The third-order valence-electron chi connectivity index (χ3n) is 1.19. The number of ether oxygens (including phenoxy) is 1. The molecule has 0 amide bonds. The van der Waals surface area contributed by atoms with Gasteiger partial charge in [-0.05, 0) is 0 Å². The molecular formula is C7H15ClO3S2. The molecule has 0 spiro atoms. The zero-order chi connectivity index (χ0) is 10.2. The van der Waals surface area contributed by atoms with Gasteiger partial charge in [0.05, 0.1) is 19.0 Å². The van der Waals surface area contributed by atoms with E-state index in [1.54, 1.807) is 11.8 Å². The highest BCUT2D eigenvalue weighted by molar-refractivity contribution is 8.00. The van der Waals surface area contributed by atoms with Crippen LogP contribution in [0.2, 0.25) is 0 Å². The second-order valence-corrected chi connectivity index (χ2v) is 6.41. The average Bonchev–Trinajstić information content (AvgIpc) is 2.01. The molecule has 0 saturated carbocycles. The molecule has 0 aliphatic carbocycles. The summed E-state index contributed by atoms with van der Waals surface area (Å²) >= 11 is 6.97. The van der Waals surface area contributed by atoms with Crippen LogP contribution < -0.4 is 0 Å². The zero-order valence-corrected chi connectivity index (χ0v) is 10.1. The van der Waals surface area contributed by atoms with E-state index in [9.17, 15) is 8.42 Å². The van der Waals surface area contributed by atoms with Gasteiger partial charge in [-0.1, -0.05) is 0 Å². The summed E-state index contributed by atoms with van der Waals surface area (Å²) in [5.41, 5.74) is 0. The quantitative estimate of drug-likeness (QED) is 0.474. The fourth-order valence-corrected chi connectivity index (χ4v) is 2.82. The lowest BCUT2D eigenvalue weighted by molar-refractivity contribution is 0.166. The number of sulfone groups is 1.